The van der Waals surface area contributed by atoms with E-state index in [0.29, 0.717) is 22.8 Å². The third kappa shape index (κ3) is 4.43. The molecular weight excluding hydrogens is 354 g/mol. The Balaban J connectivity index is 1.90. The summed E-state index contributed by atoms with van der Waals surface area (Å²) in [6, 6.07) is 18.3. The molecule has 3 rings (SSSR count). The van der Waals surface area contributed by atoms with Gasteiger partial charge in [0.1, 0.15) is 17.3 Å². The molecule has 0 spiro atoms. The summed E-state index contributed by atoms with van der Waals surface area (Å²) in [6.07, 6.45) is 3.32. The van der Waals surface area contributed by atoms with Crippen molar-refractivity contribution in [2.75, 3.05) is 14.2 Å². The molecular formula is C23H23NO4. The number of hydrogen-bond acceptors (Lipinski definition) is 4. The minimum absolute atomic E-state index is 0.208. The maximum atomic E-state index is 13.1. The summed E-state index contributed by atoms with van der Waals surface area (Å²) >= 11 is 0. The normalized spacial score (nSPS) is 12.3. The lowest BCUT2D eigenvalue weighted by Crippen LogP contribution is -2.27. The topological polar surface area (TPSA) is 60.7 Å². The number of nitrogens with one attached hydrogen (secondary N) is 1. The lowest BCUT2D eigenvalue weighted by Gasteiger charge is -2.19. The largest absolute Gasteiger partial charge is 0.497 e. The third-order valence-corrected chi connectivity index (χ3v) is 4.41. The van der Waals surface area contributed by atoms with E-state index >= 15 is 0 Å². The number of methoxy groups -OCH3 is 2. The number of benzene rings is 2. The van der Waals surface area contributed by atoms with E-state index in [0.717, 1.165) is 11.1 Å². The Kier molecular flexibility index (Phi) is 6.17. The molecule has 1 aromatic heterocycles. The van der Waals surface area contributed by atoms with Gasteiger partial charge in [-0.15, -0.1) is 0 Å². The van der Waals surface area contributed by atoms with E-state index < -0.39 is 0 Å². The lowest BCUT2D eigenvalue weighted by atomic mass is 10.0. The number of rotatable bonds is 7. The van der Waals surface area contributed by atoms with Crippen LogP contribution in [0.4, 0.5) is 0 Å². The van der Waals surface area contributed by atoms with Crippen molar-refractivity contribution in [3.8, 4) is 11.5 Å². The van der Waals surface area contributed by atoms with Crippen molar-refractivity contribution in [3.05, 3.63) is 83.8 Å². The van der Waals surface area contributed by atoms with Crippen molar-refractivity contribution in [1.82, 2.24) is 5.32 Å². The molecule has 5 nitrogen and oxygen atoms in total. The summed E-state index contributed by atoms with van der Waals surface area (Å²) in [6.45, 7) is 1.91. The highest BCUT2D eigenvalue weighted by Crippen LogP contribution is 2.30. The highest BCUT2D eigenvalue weighted by atomic mass is 16.5. The van der Waals surface area contributed by atoms with Crippen LogP contribution in [-0.2, 0) is 4.79 Å². The fourth-order valence-corrected chi connectivity index (χ4v) is 2.94. The molecule has 0 bridgehead atoms. The molecule has 0 aliphatic carbocycles. The molecule has 5 heteroatoms. The van der Waals surface area contributed by atoms with Crippen LogP contribution < -0.4 is 14.8 Å². The first-order valence-electron chi connectivity index (χ1n) is 8.95. The van der Waals surface area contributed by atoms with Crippen LogP contribution >= 0.6 is 0 Å². The minimum Gasteiger partial charge on any atom is -0.497 e. The summed E-state index contributed by atoms with van der Waals surface area (Å²) in [4.78, 5) is 13.1. The fourth-order valence-electron chi connectivity index (χ4n) is 2.94. The second kappa shape index (κ2) is 8.95. The Morgan fingerprint density at radius 1 is 1.04 bits per heavy atom. The van der Waals surface area contributed by atoms with E-state index in [1.165, 1.54) is 0 Å². The summed E-state index contributed by atoms with van der Waals surface area (Å²) in [5.41, 5.74) is 2.16. The van der Waals surface area contributed by atoms with Gasteiger partial charge in [0.05, 0.1) is 32.1 Å². The molecule has 0 radical (unpaired) electrons. The Morgan fingerprint density at radius 3 is 2.46 bits per heavy atom. The van der Waals surface area contributed by atoms with Gasteiger partial charge < -0.3 is 19.2 Å². The van der Waals surface area contributed by atoms with Gasteiger partial charge in [0, 0.05) is 5.56 Å². The average Bonchev–Trinajstić information content (AvgIpc) is 3.25. The maximum absolute atomic E-state index is 13.1. The lowest BCUT2D eigenvalue weighted by molar-refractivity contribution is -0.116. The van der Waals surface area contributed by atoms with Crippen molar-refractivity contribution in [1.29, 1.82) is 0 Å². The van der Waals surface area contributed by atoms with E-state index in [9.17, 15) is 4.79 Å². The summed E-state index contributed by atoms with van der Waals surface area (Å²) in [7, 11) is 3.21. The van der Waals surface area contributed by atoms with Crippen LogP contribution in [0, 0.1) is 0 Å². The molecule has 1 heterocycles. The average molecular weight is 377 g/mol. The SMILES string of the molecule is COc1ccc(OC)c(C(C)NC(=O)/C(=C/c2ccco2)c2ccccc2)c1. The van der Waals surface area contributed by atoms with Gasteiger partial charge in [-0.3, -0.25) is 4.79 Å². The molecule has 1 amide bonds. The zero-order valence-electron chi connectivity index (χ0n) is 16.1. The van der Waals surface area contributed by atoms with E-state index in [1.807, 2.05) is 61.5 Å². The molecule has 1 atom stereocenters. The molecule has 28 heavy (non-hydrogen) atoms. The zero-order chi connectivity index (χ0) is 19.9. The second-order valence-electron chi connectivity index (χ2n) is 6.24. The first kappa shape index (κ1) is 19.3. The second-order valence-corrected chi connectivity index (χ2v) is 6.24. The van der Waals surface area contributed by atoms with Gasteiger partial charge in [0.15, 0.2) is 0 Å². The van der Waals surface area contributed by atoms with Gasteiger partial charge in [-0.25, -0.2) is 0 Å². The molecule has 0 aliphatic heterocycles. The standard InChI is InChI=1S/C23H23NO4/c1-16(20-14-18(26-2)11-12-22(20)27-3)24-23(25)21(15-19-10-7-13-28-19)17-8-5-4-6-9-17/h4-16H,1-3H3,(H,24,25)/b21-15+. The molecule has 1 N–H and O–H groups in total. The number of hydrogen-bond donors (Lipinski definition) is 1. The van der Waals surface area contributed by atoms with Crippen LogP contribution in [0.1, 0.15) is 29.9 Å². The van der Waals surface area contributed by atoms with E-state index in [1.54, 1.807) is 32.6 Å². The Bertz CT molecular complexity index is 946. The summed E-state index contributed by atoms with van der Waals surface area (Å²) in [5.74, 6) is 1.79. The number of amides is 1. The molecule has 2 aromatic carbocycles. The van der Waals surface area contributed by atoms with Crippen molar-refractivity contribution >= 4 is 17.6 Å². The van der Waals surface area contributed by atoms with Crippen LogP contribution in [0.15, 0.2) is 71.3 Å². The quantitative estimate of drug-likeness (QED) is 0.606. The maximum Gasteiger partial charge on any atom is 0.252 e. The Hall–Kier alpha value is -3.47. The molecule has 0 fully saturated rings. The number of carbonyl (C=O) groups is 1. The van der Waals surface area contributed by atoms with Crippen LogP contribution in [0.3, 0.4) is 0 Å². The number of furan rings is 1. The van der Waals surface area contributed by atoms with Crippen LogP contribution in [0.2, 0.25) is 0 Å². The highest BCUT2D eigenvalue weighted by molar-refractivity contribution is 6.24. The third-order valence-electron chi connectivity index (χ3n) is 4.41. The molecule has 144 valence electrons. The zero-order valence-corrected chi connectivity index (χ0v) is 16.1. The number of carbonyl (C=O) groups excluding carboxylic acids is 1. The Morgan fingerprint density at radius 2 is 1.82 bits per heavy atom. The van der Waals surface area contributed by atoms with Crippen molar-refractivity contribution < 1.29 is 18.7 Å². The Labute approximate surface area is 164 Å². The van der Waals surface area contributed by atoms with Crippen LogP contribution in [-0.4, -0.2) is 20.1 Å². The first-order chi connectivity index (χ1) is 13.6. The van der Waals surface area contributed by atoms with E-state index in [2.05, 4.69) is 5.32 Å². The van der Waals surface area contributed by atoms with Gasteiger partial charge in [-0.05, 0) is 48.9 Å². The van der Waals surface area contributed by atoms with Gasteiger partial charge >= 0.3 is 0 Å². The van der Waals surface area contributed by atoms with E-state index in [-0.39, 0.29) is 11.9 Å². The summed E-state index contributed by atoms with van der Waals surface area (Å²) < 4.78 is 16.1. The molecule has 3 aromatic rings. The predicted octanol–water partition coefficient (Wildman–Crippen LogP) is 4.71. The van der Waals surface area contributed by atoms with Gasteiger partial charge in [-0.2, -0.15) is 0 Å². The molecule has 0 saturated carbocycles. The first-order valence-corrected chi connectivity index (χ1v) is 8.95. The fraction of sp³-hybridized carbons (Fsp3) is 0.174. The van der Waals surface area contributed by atoms with Crippen LogP contribution in [0.25, 0.3) is 11.6 Å². The van der Waals surface area contributed by atoms with Gasteiger partial charge in [0.2, 0.25) is 0 Å². The monoisotopic (exact) mass is 377 g/mol. The van der Waals surface area contributed by atoms with E-state index in [4.69, 9.17) is 13.9 Å². The smallest absolute Gasteiger partial charge is 0.252 e. The summed E-state index contributed by atoms with van der Waals surface area (Å²) in [5, 5.41) is 3.05. The molecule has 0 aliphatic rings. The van der Waals surface area contributed by atoms with Crippen molar-refractivity contribution in [3.63, 3.8) is 0 Å². The van der Waals surface area contributed by atoms with Crippen LogP contribution in [0.5, 0.6) is 11.5 Å². The van der Waals surface area contributed by atoms with Crippen molar-refractivity contribution in [2.24, 2.45) is 0 Å². The number of ether oxygens (including phenoxy) is 2. The highest BCUT2D eigenvalue weighted by Gasteiger charge is 2.19. The van der Waals surface area contributed by atoms with Crippen molar-refractivity contribution in [2.45, 2.75) is 13.0 Å². The molecule has 1 unspecified atom stereocenters. The van der Waals surface area contributed by atoms with Gasteiger partial charge in [-0.1, -0.05) is 30.3 Å². The molecule has 0 saturated heterocycles. The van der Waals surface area contributed by atoms with Gasteiger partial charge in [0.25, 0.3) is 5.91 Å². The predicted molar refractivity (Wildman–Crippen MR) is 109 cm³/mol. The minimum atomic E-state index is -0.290.